The van der Waals surface area contributed by atoms with Crippen LogP contribution in [0.1, 0.15) is 10.6 Å². The number of likely N-dealkylation sites (N-methyl/N-ethyl adjacent to an activating group) is 1. The number of aromatic nitrogens is 1. The Morgan fingerprint density at radius 3 is 2.94 bits per heavy atom. The van der Waals surface area contributed by atoms with Gasteiger partial charge in [0.05, 0.1) is 22.3 Å². The van der Waals surface area contributed by atoms with Crippen molar-refractivity contribution in [3.8, 4) is 6.07 Å². The maximum atomic E-state index is 13.7. The Labute approximate surface area is 109 Å². The minimum absolute atomic E-state index is 0.338. The Balaban J connectivity index is 2.05. The number of hydrogen-bond acceptors (Lipinski definition) is 4. The summed E-state index contributed by atoms with van der Waals surface area (Å²) >= 11 is 1.60. The molecule has 0 atom stereocenters. The first kappa shape index (κ1) is 12.5. The highest BCUT2D eigenvalue weighted by molar-refractivity contribution is 7.09. The zero-order chi connectivity index (χ0) is 13.0. The van der Waals surface area contributed by atoms with Crippen molar-refractivity contribution >= 4 is 17.0 Å². The second-order valence-corrected chi connectivity index (χ2v) is 4.85. The lowest BCUT2D eigenvalue weighted by molar-refractivity contribution is 0.621. The van der Waals surface area contributed by atoms with Crippen molar-refractivity contribution in [2.75, 3.05) is 18.5 Å². The van der Waals surface area contributed by atoms with Crippen LogP contribution in [0.4, 0.5) is 10.1 Å². The Morgan fingerprint density at radius 1 is 1.50 bits per heavy atom. The molecule has 0 aliphatic rings. The summed E-state index contributed by atoms with van der Waals surface area (Å²) in [5, 5.41) is 11.6. The molecule has 0 bridgehead atoms. The van der Waals surface area contributed by atoms with Gasteiger partial charge < -0.3 is 4.90 Å². The van der Waals surface area contributed by atoms with Crippen molar-refractivity contribution in [1.82, 2.24) is 4.98 Å². The Kier molecular flexibility index (Phi) is 3.90. The number of thiazole rings is 1. The molecule has 3 nitrogen and oxygen atoms in total. The lowest BCUT2D eigenvalue weighted by Crippen LogP contribution is -2.21. The summed E-state index contributed by atoms with van der Waals surface area (Å²) < 4.78 is 13.7. The van der Waals surface area contributed by atoms with E-state index >= 15 is 0 Å². The van der Waals surface area contributed by atoms with Gasteiger partial charge in [0.25, 0.3) is 0 Å². The van der Waals surface area contributed by atoms with E-state index in [1.807, 2.05) is 23.4 Å². The molecule has 0 unspecified atom stereocenters. The quantitative estimate of drug-likeness (QED) is 0.849. The van der Waals surface area contributed by atoms with Crippen LogP contribution >= 0.6 is 11.3 Å². The molecule has 18 heavy (non-hydrogen) atoms. The Bertz CT molecular complexity index is 560. The zero-order valence-electron chi connectivity index (χ0n) is 9.93. The van der Waals surface area contributed by atoms with Crippen LogP contribution in [0.15, 0.2) is 29.8 Å². The molecule has 0 saturated carbocycles. The number of anilines is 1. The number of halogens is 1. The summed E-state index contributed by atoms with van der Waals surface area (Å²) in [5.41, 5.74) is 0.843. The average Bonchev–Trinajstić information content (AvgIpc) is 2.88. The highest BCUT2D eigenvalue weighted by atomic mass is 32.1. The first-order chi connectivity index (χ1) is 8.70. The van der Waals surface area contributed by atoms with Crippen molar-refractivity contribution in [3.63, 3.8) is 0 Å². The van der Waals surface area contributed by atoms with Crippen LogP contribution in [-0.2, 0) is 6.42 Å². The standard InChI is InChI=1S/C13H12FN3S/c1-17(6-4-13-16-5-7-18-13)12-3-2-10(9-15)8-11(12)14/h2-3,5,7-8H,4,6H2,1H3. The first-order valence-electron chi connectivity index (χ1n) is 5.50. The van der Waals surface area contributed by atoms with Gasteiger partial charge in [0.2, 0.25) is 0 Å². The lowest BCUT2D eigenvalue weighted by atomic mass is 10.2. The van der Waals surface area contributed by atoms with Crippen molar-refractivity contribution in [3.05, 3.63) is 46.2 Å². The molecule has 0 fully saturated rings. The average molecular weight is 261 g/mol. The molecular formula is C13H12FN3S. The van der Waals surface area contributed by atoms with Gasteiger partial charge in [-0.1, -0.05) is 0 Å². The lowest BCUT2D eigenvalue weighted by Gasteiger charge is -2.19. The zero-order valence-corrected chi connectivity index (χ0v) is 10.7. The van der Waals surface area contributed by atoms with E-state index in [0.717, 1.165) is 11.4 Å². The van der Waals surface area contributed by atoms with Gasteiger partial charge in [0.15, 0.2) is 0 Å². The molecule has 0 saturated heterocycles. The van der Waals surface area contributed by atoms with Crippen LogP contribution in [0.3, 0.4) is 0 Å². The predicted molar refractivity (Wildman–Crippen MR) is 70.2 cm³/mol. The summed E-state index contributed by atoms with van der Waals surface area (Å²) in [6, 6.07) is 6.44. The maximum Gasteiger partial charge on any atom is 0.147 e. The number of nitriles is 1. The topological polar surface area (TPSA) is 39.9 Å². The summed E-state index contributed by atoms with van der Waals surface area (Å²) in [6.07, 6.45) is 2.55. The van der Waals surface area contributed by atoms with Crippen molar-refractivity contribution < 1.29 is 4.39 Å². The fraction of sp³-hybridized carbons (Fsp3) is 0.231. The molecule has 0 aliphatic carbocycles. The van der Waals surface area contributed by atoms with Gasteiger partial charge in [-0.15, -0.1) is 11.3 Å². The summed E-state index contributed by atoms with van der Waals surface area (Å²) in [7, 11) is 1.83. The van der Waals surface area contributed by atoms with Crippen LogP contribution in [0.5, 0.6) is 0 Å². The normalized spacial score (nSPS) is 10.1. The van der Waals surface area contributed by atoms with E-state index in [2.05, 4.69) is 4.98 Å². The molecule has 1 aromatic heterocycles. The number of rotatable bonds is 4. The smallest absolute Gasteiger partial charge is 0.147 e. The fourth-order valence-corrected chi connectivity index (χ4v) is 2.26. The number of nitrogens with zero attached hydrogens (tertiary/aromatic N) is 3. The summed E-state index contributed by atoms with van der Waals surface area (Å²) in [4.78, 5) is 6.02. The van der Waals surface area contributed by atoms with Crippen molar-refractivity contribution in [2.45, 2.75) is 6.42 Å². The fourth-order valence-electron chi connectivity index (χ4n) is 1.65. The predicted octanol–water partition coefficient (Wildman–Crippen LogP) is 2.83. The molecule has 2 aromatic rings. The van der Waals surface area contributed by atoms with Crippen LogP contribution in [-0.4, -0.2) is 18.6 Å². The molecule has 5 heteroatoms. The van der Waals surface area contributed by atoms with E-state index in [1.165, 1.54) is 6.07 Å². The molecule has 1 heterocycles. The monoisotopic (exact) mass is 261 g/mol. The molecular weight excluding hydrogens is 249 g/mol. The molecule has 92 valence electrons. The maximum absolute atomic E-state index is 13.7. The van der Waals surface area contributed by atoms with Gasteiger partial charge >= 0.3 is 0 Å². The Morgan fingerprint density at radius 2 is 2.33 bits per heavy atom. The molecule has 0 spiro atoms. The highest BCUT2D eigenvalue weighted by Gasteiger charge is 2.09. The van der Waals surface area contributed by atoms with Crippen molar-refractivity contribution in [2.24, 2.45) is 0 Å². The minimum Gasteiger partial charge on any atom is -0.372 e. The largest absolute Gasteiger partial charge is 0.372 e. The SMILES string of the molecule is CN(CCc1nccs1)c1ccc(C#N)cc1F. The molecule has 2 rings (SSSR count). The Hall–Kier alpha value is -1.93. The van der Waals surface area contributed by atoms with Crippen LogP contribution < -0.4 is 4.90 Å². The van der Waals surface area contributed by atoms with Crippen LogP contribution in [0.2, 0.25) is 0 Å². The first-order valence-corrected chi connectivity index (χ1v) is 6.38. The van der Waals surface area contributed by atoms with Gasteiger partial charge in [0.1, 0.15) is 5.82 Å². The van der Waals surface area contributed by atoms with Gasteiger partial charge in [-0.05, 0) is 18.2 Å². The van der Waals surface area contributed by atoms with Gasteiger partial charge in [-0.3, -0.25) is 0 Å². The number of hydrogen-bond donors (Lipinski definition) is 0. The molecule has 0 aliphatic heterocycles. The van der Waals surface area contributed by atoms with Crippen molar-refractivity contribution in [1.29, 1.82) is 5.26 Å². The van der Waals surface area contributed by atoms with E-state index < -0.39 is 0 Å². The van der Waals surface area contributed by atoms with Gasteiger partial charge in [0, 0.05) is 31.6 Å². The van der Waals surface area contributed by atoms with Crippen LogP contribution in [0.25, 0.3) is 0 Å². The number of benzene rings is 1. The van der Waals surface area contributed by atoms with Gasteiger partial charge in [-0.25, -0.2) is 9.37 Å². The minimum atomic E-state index is -0.365. The molecule has 0 amide bonds. The second-order valence-electron chi connectivity index (χ2n) is 3.88. The van der Waals surface area contributed by atoms with E-state index in [0.29, 0.717) is 17.8 Å². The van der Waals surface area contributed by atoms with E-state index in [9.17, 15) is 4.39 Å². The molecule has 0 N–H and O–H groups in total. The summed E-state index contributed by atoms with van der Waals surface area (Å²) in [6.45, 7) is 0.691. The molecule has 0 radical (unpaired) electrons. The molecule has 1 aromatic carbocycles. The van der Waals surface area contributed by atoms with E-state index in [-0.39, 0.29) is 5.82 Å². The third kappa shape index (κ3) is 2.84. The summed E-state index contributed by atoms with van der Waals surface area (Å²) in [5.74, 6) is -0.365. The van der Waals surface area contributed by atoms with Crippen LogP contribution in [0, 0.1) is 17.1 Å². The van der Waals surface area contributed by atoms with Gasteiger partial charge in [-0.2, -0.15) is 5.26 Å². The third-order valence-electron chi connectivity index (χ3n) is 2.63. The second kappa shape index (κ2) is 5.61. The van der Waals surface area contributed by atoms with E-state index in [4.69, 9.17) is 5.26 Å². The highest BCUT2D eigenvalue weighted by Crippen LogP contribution is 2.19. The third-order valence-corrected chi connectivity index (χ3v) is 3.47. The van der Waals surface area contributed by atoms with E-state index in [1.54, 1.807) is 29.7 Å².